The van der Waals surface area contributed by atoms with Gasteiger partial charge in [0.25, 0.3) is 0 Å². The second-order valence-electron chi connectivity index (χ2n) is 4.62. The fourth-order valence-electron chi connectivity index (χ4n) is 2.10. The van der Waals surface area contributed by atoms with Crippen molar-refractivity contribution in [1.82, 2.24) is 9.78 Å². The number of aromatic nitrogens is 2. The molecule has 0 aliphatic heterocycles. The van der Waals surface area contributed by atoms with Crippen LogP contribution in [0.3, 0.4) is 0 Å². The molecule has 3 nitrogen and oxygen atoms in total. The van der Waals surface area contributed by atoms with Crippen molar-refractivity contribution >= 4 is 28.3 Å². The molecule has 1 aromatic heterocycles. The summed E-state index contributed by atoms with van der Waals surface area (Å²) in [5.74, 6) is 0. The molecule has 0 bridgehead atoms. The van der Waals surface area contributed by atoms with Crippen LogP contribution in [0.5, 0.6) is 0 Å². The first-order chi connectivity index (χ1) is 9.22. The minimum absolute atomic E-state index is 0.520. The molecule has 0 saturated carbocycles. The van der Waals surface area contributed by atoms with Gasteiger partial charge in [-0.15, -0.1) is 0 Å². The summed E-state index contributed by atoms with van der Waals surface area (Å²) in [6, 6.07) is 11.0. The zero-order chi connectivity index (χ0) is 13.7. The molecule has 2 aromatic rings. The van der Waals surface area contributed by atoms with E-state index in [0.29, 0.717) is 6.04 Å². The van der Waals surface area contributed by atoms with Gasteiger partial charge in [-0.25, -0.2) is 0 Å². The van der Waals surface area contributed by atoms with Crippen LogP contribution in [0.1, 0.15) is 38.4 Å². The summed E-state index contributed by atoms with van der Waals surface area (Å²) in [5, 5.41) is 8.03. The molecule has 0 amide bonds. The van der Waals surface area contributed by atoms with E-state index >= 15 is 0 Å². The molecule has 0 unspecified atom stereocenters. The Hall–Kier alpha value is -1.04. The van der Waals surface area contributed by atoms with Crippen molar-refractivity contribution in [2.75, 3.05) is 5.32 Å². The number of anilines is 1. The smallest absolute Gasteiger partial charge is 0.0815 e. The van der Waals surface area contributed by atoms with Crippen LogP contribution in [0.15, 0.2) is 36.5 Å². The van der Waals surface area contributed by atoms with Crippen molar-refractivity contribution in [1.29, 1.82) is 0 Å². The average Bonchev–Trinajstić information content (AvgIpc) is 2.88. The minimum Gasteiger partial charge on any atom is -0.379 e. The van der Waals surface area contributed by atoms with Gasteiger partial charge >= 0.3 is 0 Å². The maximum Gasteiger partial charge on any atom is 0.0815 e. The molecular weight excluding hydrogens is 349 g/mol. The normalized spacial score (nSPS) is 10.9. The highest BCUT2D eigenvalue weighted by atomic mass is 127. The molecule has 2 rings (SSSR count). The quantitative estimate of drug-likeness (QED) is 0.762. The van der Waals surface area contributed by atoms with E-state index < -0.39 is 0 Å². The predicted octanol–water partition coefficient (Wildman–Crippen LogP) is 4.46. The lowest BCUT2D eigenvalue weighted by molar-refractivity contribution is 0.426. The summed E-state index contributed by atoms with van der Waals surface area (Å²) in [4.78, 5) is 0. The van der Waals surface area contributed by atoms with Crippen molar-refractivity contribution in [2.24, 2.45) is 0 Å². The van der Waals surface area contributed by atoms with Crippen LogP contribution < -0.4 is 5.32 Å². The highest BCUT2D eigenvalue weighted by molar-refractivity contribution is 14.1. The van der Waals surface area contributed by atoms with Crippen molar-refractivity contribution in [3.63, 3.8) is 0 Å². The Morgan fingerprint density at radius 3 is 2.47 bits per heavy atom. The van der Waals surface area contributed by atoms with Gasteiger partial charge in [-0.3, -0.25) is 4.68 Å². The third-order valence-electron chi connectivity index (χ3n) is 3.30. The van der Waals surface area contributed by atoms with Gasteiger partial charge in [-0.1, -0.05) is 13.8 Å². The lowest BCUT2D eigenvalue weighted by atomic mass is 10.2. The van der Waals surface area contributed by atoms with Crippen LogP contribution in [-0.2, 0) is 6.54 Å². The van der Waals surface area contributed by atoms with Crippen LogP contribution in [0.4, 0.5) is 5.69 Å². The maximum absolute atomic E-state index is 4.64. The number of benzene rings is 1. The van der Waals surface area contributed by atoms with E-state index in [4.69, 9.17) is 0 Å². The molecule has 102 valence electrons. The molecule has 0 aliphatic carbocycles. The SMILES string of the molecule is CCC(CC)n1ccc(CNc2ccc(I)cc2)n1. The van der Waals surface area contributed by atoms with E-state index in [9.17, 15) is 0 Å². The predicted molar refractivity (Wildman–Crippen MR) is 88.3 cm³/mol. The average molecular weight is 369 g/mol. The first kappa shape index (κ1) is 14.4. The highest BCUT2D eigenvalue weighted by Crippen LogP contribution is 2.15. The summed E-state index contributed by atoms with van der Waals surface area (Å²) in [7, 11) is 0. The Bertz CT molecular complexity index is 500. The summed E-state index contributed by atoms with van der Waals surface area (Å²) in [5.41, 5.74) is 2.22. The van der Waals surface area contributed by atoms with Crippen molar-refractivity contribution in [2.45, 2.75) is 39.3 Å². The molecule has 1 heterocycles. The lowest BCUT2D eigenvalue weighted by Crippen LogP contribution is -2.08. The largest absolute Gasteiger partial charge is 0.379 e. The molecule has 1 N–H and O–H groups in total. The topological polar surface area (TPSA) is 29.9 Å². The van der Waals surface area contributed by atoms with Crippen molar-refractivity contribution in [3.8, 4) is 0 Å². The number of hydrogen-bond donors (Lipinski definition) is 1. The molecule has 0 aliphatic rings. The molecule has 0 radical (unpaired) electrons. The first-order valence-corrected chi connectivity index (χ1v) is 7.84. The summed E-state index contributed by atoms with van der Waals surface area (Å²) in [6.45, 7) is 5.19. The molecule has 4 heteroatoms. The van der Waals surface area contributed by atoms with Gasteiger partial charge in [-0.05, 0) is 65.8 Å². The van der Waals surface area contributed by atoms with E-state index in [0.717, 1.165) is 30.8 Å². The summed E-state index contributed by atoms with van der Waals surface area (Å²) in [6.07, 6.45) is 4.34. The summed E-state index contributed by atoms with van der Waals surface area (Å²) >= 11 is 2.31. The van der Waals surface area contributed by atoms with E-state index in [-0.39, 0.29) is 0 Å². The monoisotopic (exact) mass is 369 g/mol. The van der Waals surface area contributed by atoms with E-state index in [1.54, 1.807) is 0 Å². The Morgan fingerprint density at radius 1 is 1.16 bits per heavy atom. The molecule has 1 aromatic carbocycles. The third-order valence-corrected chi connectivity index (χ3v) is 4.02. The van der Waals surface area contributed by atoms with Crippen LogP contribution in [0, 0.1) is 3.57 Å². The van der Waals surface area contributed by atoms with Crippen LogP contribution in [-0.4, -0.2) is 9.78 Å². The molecule has 19 heavy (non-hydrogen) atoms. The fraction of sp³-hybridized carbons (Fsp3) is 0.400. The van der Waals surface area contributed by atoms with Gasteiger partial charge in [0.1, 0.15) is 0 Å². The number of hydrogen-bond acceptors (Lipinski definition) is 2. The second-order valence-corrected chi connectivity index (χ2v) is 5.86. The zero-order valence-corrected chi connectivity index (χ0v) is 13.6. The molecule has 0 saturated heterocycles. The van der Waals surface area contributed by atoms with E-state index in [1.807, 2.05) is 0 Å². The highest BCUT2D eigenvalue weighted by Gasteiger charge is 2.07. The van der Waals surface area contributed by atoms with Crippen LogP contribution in [0.2, 0.25) is 0 Å². The van der Waals surface area contributed by atoms with Crippen LogP contribution >= 0.6 is 22.6 Å². The van der Waals surface area contributed by atoms with Crippen LogP contribution in [0.25, 0.3) is 0 Å². The van der Waals surface area contributed by atoms with Gasteiger partial charge in [0.05, 0.1) is 18.3 Å². The Morgan fingerprint density at radius 2 is 1.84 bits per heavy atom. The Balaban J connectivity index is 1.95. The van der Waals surface area contributed by atoms with Gasteiger partial charge in [0.2, 0.25) is 0 Å². The van der Waals surface area contributed by atoms with Gasteiger partial charge in [-0.2, -0.15) is 5.10 Å². The zero-order valence-electron chi connectivity index (χ0n) is 11.4. The molecule has 0 spiro atoms. The molecule has 0 atom stereocenters. The van der Waals surface area contributed by atoms with Gasteiger partial charge < -0.3 is 5.32 Å². The molecular formula is C15H20IN3. The summed E-state index contributed by atoms with van der Waals surface area (Å²) < 4.78 is 3.34. The lowest BCUT2D eigenvalue weighted by Gasteiger charge is -2.12. The number of rotatable bonds is 6. The third kappa shape index (κ3) is 3.96. The number of halogens is 1. The van der Waals surface area contributed by atoms with Gasteiger partial charge in [0, 0.05) is 15.5 Å². The maximum atomic E-state index is 4.64. The minimum atomic E-state index is 0.520. The molecule has 0 fully saturated rings. The van der Waals surface area contributed by atoms with E-state index in [1.165, 1.54) is 3.57 Å². The standard InChI is InChI=1S/C15H20IN3/c1-3-15(4-2)19-10-9-14(18-19)11-17-13-7-5-12(16)6-8-13/h5-10,15,17H,3-4,11H2,1-2H3. The fourth-order valence-corrected chi connectivity index (χ4v) is 2.46. The van der Waals surface area contributed by atoms with Gasteiger partial charge in [0.15, 0.2) is 0 Å². The Labute approximate surface area is 128 Å². The van der Waals surface area contributed by atoms with Crippen molar-refractivity contribution < 1.29 is 0 Å². The number of nitrogens with one attached hydrogen (secondary N) is 1. The number of nitrogens with zero attached hydrogens (tertiary/aromatic N) is 2. The van der Waals surface area contributed by atoms with E-state index in [2.05, 4.69) is 88.1 Å². The first-order valence-electron chi connectivity index (χ1n) is 6.76. The van der Waals surface area contributed by atoms with Crippen molar-refractivity contribution in [3.05, 3.63) is 45.8 Å². The second kappa shape index (κ2) is 6.93. The Kier molecular flexibility index (Phi) is 5.24.